The van der Waals surface area contributed by atoms with Crippen LogP contribution in [0, 0.1) is 18.8 Å². The number of nitrogens with two attached hydrogens (primary N) is 1. The van der Waals surface area contributed by atoms with E-state index in [0.717, 1.165) is 24.2 Å². The highest BCUT2D eigenvalue weighted by molar-refractivity contribution is 5.75. The Morgan fingerprint density at radius 3 is 2.60 bits per heavy atom. The molecule has 0 saturated carbocycles. The molecule has 112 valence electrons. The average molecular weight is 278 g/mol. The first kappa shape index (κ1) is 16.6. The molecule has 1 heterocycles. The summed E-state index contributed by atoms with van der Waals surface area (Å²) in [4.78, 5) is 20.2. The smallest absolute Gasteiger partial charge is 0.220 e. The van der Waals surface area contributed by atoms with Gasteiger partial charge in [-0.2, -0.15) is 0 Å². The molecule has 20 heavy (non-hydrogen) atoms. The van der Waals surface area contributed by atoms with Crippen molar-refractivity contribution in [3.05, 3.63) is 23.8 Å². The van der Waals surface area contributed by atoms with Crippen LogP contribution in [0.4, 0.5) is 0 Å². The maximum Gasteiger partial charge on any atom is 0.220 e. The van der Waals surface area contributed by atoms with Crippen molar-refractivity contribution in [3.8, 4) is 0 Å². The molecule has 5 heteroatoms. The number of hydrogen-bond donors (Lipinski definition) is 2. The summed E-state index contributed by atoms with van der Waals surface area (Å²) in [6.45, 7) is 7.37. The van der Waals surface area contributed by atoms with Crippen molar-refractivity contribution < 1.29 is 4.79 Å². The van der Waals surface area contributed by atoms with Crippen LogP contribution < -0.4 is 11.1 Å². The van der Waals surface area contributed by atoms with Crippen LogP contribution in [0.5, 0.6) is 0 Å². The lowest BCUT2D eigenvalue weighted by atomic mass is 9.88. The first-order valence-corrected chi connectivity index (χ1v) is 7.27. The Kier molecular flexibility index (Phi) is 7.15. The van der Waals surface area contributed by atoms with Gasteiger partial charge in [-0.15, -0.1) is 0 Å². The van der Waals surface area contributed by atoms with Gasteiger partial charge in [0.1, 0.15) is 0 Å². The fraction of sp³-hybridized carbons (Fsp3) is 0.667. The predicted octanol–water partition coefficient (Wildman–Crippen LogP) is 1.80. The number of aromatic nitrogens is 2. The van der Waals surface area contributed by atoms with Gasteiger partial charge >= 0.3 is 0 Å². The number of amides is 1. The topological polar surface area (TPSA) is 80.9 Å². The molecule has 0 spiro atoms. The van der Waals surface area contributed by atoms with Crippen molar-refractivity contribution in [3.63, 3.8) is 0 Å². The first-order chi connectivity index (χ1) is 9.52. The Bertz CT molecular complexity index is 403. The number of nitrogens with one attached hydrogen (secondary N) is 1. The van der Waals surface area contributed by atoms with Gasteiger partial charge in [-0.25, -0.2) is 0 Å². The summed E-state index contributed by atoms with van der Waals surface area (Å²) in [5, 5.41) is 2.88. The third-order valence-corrected chi connectivity index (χ3v) is 3.52. The van der Waals surface area contributed by atoms with Gasteiger partial charge < -0.3 is 11.1 Å². The summed E-state index contributed by atoms with van der Waals surface area (Å²) in [5.41, 5.74) is 7.26. The third-order valence-electron chi connectivity index (χ3n) is 3.52. The third kappa shape index (κ3) is 6.10. The molecular weight excluding hydrogens is 252 g/mol. The molecular formula is C15H26N4O. The molecule has 0 aromatic carbocycles. The number of nitrogens with zero attached hydrogens (tertiary/aromatic N) is 2. The molecule has 0 radical (unpaired) electrons. The minimum absolute atomic E-state index is 0.0649. The van der Waals surface area contributed by atoms with Crippen LogP contribution in [0.1, 0.15) is 44.5 Å². The fourth-order valence-corrected chi connectivity index (χ4v) is 2.13. The maximum absolute atomic E-state index is 11.8. The van der Waals surface area contributed by atoms with E-state index in [1.54, 1.807) is 12.4 Å². The van der Waals surface area contributed by atoms with Gasteiger partial charge in [0, 0.05) is 12.6 Å². The van der Waals surface area contributed by atoms with E-state index in [1.165, 1.54) is 0 Å². The standard InChI is InChI=1S/C15H26N4O/c1-11(2)13(6-7-16)4-5-15(20)19-10-14-9-17-12(3)8-18-14/h8-9,11,13H,4-7,10,16H2,1-3H3,(H,19,20). The fourth-order valence-electron chi connectivity index (χ4n) is 2.13. The van der Waals surface area contributed by atoms with Crippen LogP contribution in [-0.2, 0) is 11.3 Å². The number of carbonyl (C=O) groups excluding carboxylic acids is 1. The van der Waals surface area contributed by atoms with Crippen LogP contribution in [0.3, 0.4) is 0 Å². The Balaban J connectivity index is 2.31. The largest absolute Gasteiger partial charge is 0.350 e. The van der Waals surface area contributed by atoms with E-state index in [1.807, 2.05) is 6.92 Å². The van der Waals surface area contributed by atoms with E-state index in [4.69, 9.17) is 5.73 Å². The Hall–Kier alpha value is -1.49. The van der Waals surface area contributed by atoms with Gasteiger partial charge in [0.15, 0.2) is 0 Å². The minimum atomic E-state index is 0.0649. The van der Waals surface area contributed by atoms with Crippen molar-refractivity contribution >= 4 is 5.91 Å². The summed E-state index contributed by atoms with van der Waals surface area (Å²) in [6, 6.07) is 0. The monoisotopic (exact) mass is 278 g/mol. The van der Waals surface area contributed by atoms with Crippen molar-refractivity contribution in [2.45, 2.75) is 46.6 Å². The molecule has 1 atom stereocenters. The number of rotatable bonds is 8. The first-order valence-electron chi connectivity index (χ1n) is 7.27. The Morgan fingerprint density at radius 2 is 2.05 bits per heavy atom. The molecule has 0 aliphatic carbocycles. The lowest BCUT2D eigenvalue weighted by molar-refractivity contribution is -0.121. The van der Waals surface area contributed by atoms with Crippen molar-refractivity contribution in [2.24, 2.45) is 17.6 Å². The molecule has 0 fully saturated rings. The van der Waals surface area contributed by atoms with Crippen molar-refractivity contribution in [1.82, 2.24) is 15.3 Å². The van der Waals surface area contributed by atoms with Gasteiger partial charge in [0.2, 0.25) is 5.91 Å². The zero-order chi connectivity index (χ0) is 15.0. The van der Waals surface area contributed by atoms with E-state index in [2.05, 4.69) is 29.1 Å². The second-order valence-electron chi connectivity index (χ2n) is 5.55. The number of hydrogen-bond acceptors (Lipinski definition) is 4. The second kappa shape index (κ2) is 8.64. The Labute approximate surface area is 121 Å². The van der Waals surface area contributed by atoms with Crippen LogP contribution in [0.2, 0.25) is 0 Å². The molecule has 3 N–H and O–H groups in total. The highest BCUT2D eigenvalue weighted by Gasteiger charge is 2.14. The summed E-state index contributed by atoms with van der Waals surface area (Å²) in [5.74, 6) is 1.15. The zero-order valence-corrected chi connectivity index (χ0v) is 12.7. The molecule has 1 aromatic rings. The van der Waals surface area contributed by atoms with Crippen LogP contribution >= 0.6 is 0 Å². The zero-order valence-electron chi connectivity index (χ0n) is 12.7. The molecule has 0 aliphatic rings. The second-order valence-corrected chi connectivity index (χ2v) is 5.55. The van der Waals surface area contributed by atoms with E-state index in [0.29, 0.717) is 31.3 Å². The highest BCUT2D eigenvalue weighted by atomic mass is 16.1. The van der Waals surface area contributed by atoms with E-state index in [9.17, 15) is 4.79 Å². The number of carbonyl (C=O) groups is 1. The molecule has 1 unspecified atom stereocenters. The van der Waals surface area contributed by atoms with E-state index >= 15 is 0 Å². The quantitative estimate of drug-likeness (QED) is 0.760. The lowest BCUT2D eigenvalue weighted by Crippen LogP contribution is -2.25. The lowest BCUT2D eigenvalue weighted by Gasteiger charge is -2.19. The molecule has 0 saturated heterocycles. The van der Waals surface area contributed by atoms with Gasteiger partial charge in [-0.3, -0.25) is 14.8 Å². The molecule has 0 aliphatic heterocycles. The number of aryl methyl sites for hydroxylation is 1. The van der Waals surface area contributed by atoms with Crippen molar-refractivity contribution in [1.29, 1.82) is 0 Å². The summed E-state index contributed by atoms with van der Waals surface area (Å²) >= 11 is 0. The minimum Gasteiger partial charge on any atom is -0.350 e. The highest BCUT2D eigenvalue weighted by Crippen LogP contribution is 2.20. The van der Waals surface area contributed by atoms with Crippen molar-refractivity contribution in [2.75, 3.05) is 6.54 Å². The predicted molar refractivity (Wildman–Crippen MR) is 79.8 cm³/mol. The summed E-state index contributed by atoms with van der Waals surface area (Å²) < 4.78 is 0. The molecule has 1 amide bonds. The molecule has 5 nitrogen and oxygen atoms in total. The summed E-state index contributed by atoms with van der Waals surface area (Å²) in [7, 11) is 0. The van der Waals surface area contributed by atoms with Gasteiger partial charge in [0.25, 0.3) is 0 Å². The Morgan fingerprint density at radius 1 is 1.30 bits per heavy atom. The SMILES string of the molecule is Cc1cnc(CNC(=O)CCC(CCN)C(C)C)cn1. The van der Waals surface area contributed by atoms with Crippen LogP contribution in [-0.4, -0.2) is 22.4 Å². The average Bonchev–Trinajstić information content (AvgIpc) is 2.42. The van der Waals surface area contributed by atoms with Gasteiger partial charge in [-0.05, 0) is 38.1 Å². The van der Waals surface area contributed by atoms with E-state index < -0.39 is 0 Å². The normalized spacial score (nSPS) is 12.4. The van der Waals surface area contributed by atoms with Gasteiger partial charge in [0.05, 0.1) is 24.1 Å². The van der Waals surface area contributed by atoms with E-state index in [-0.39, 0.29) is 5.91 Å². The van der Waals surface area contributed by atoms with Gasteiger partial charge in [-0.1, -0.05) is 13.8 Å². The maximum atomic E-state index is 11.8. The summed E-state index contributed by atoms with van der Waals surface area (Å²) in [6.07, 6.45) is 5.81. The molecule has 0 bridgehead atoms. The molecule has 1 aromatic heterocycles. The molecule has 1 rings (SSSR count). The van der Waals surface area contributed by atoms with Crippen LogP contribution in [0.25, 0.3) is 0 Å². The van der Waals surface area contributed by atoms with Crippen LogP contribution in [0.15, 0.2) is 12.4 Å².